The number of rotatable bonds is 3. The molecule has 0 spiro atoms. The Balaban J connectivity index is 2.08. The van der Waals surface area contributed by atoms with E-state index in [1.807, 2.05) is 6.92 Å². The maximum atomic E-state index is 13.0. The number of thiophene rings is 1. The monoisotopic (exact) mass is 390 g/mol. The van der Waals surface area contributed by atoms with Crippen LogP contribution in [0.4, 0.5) is 5.00 Å². The van der Waals surface area contributed by atoms with Crippen molar-refractivity contribution in [1.29, 1.82) is 10.5 Å². The highest BCUT2D eigenvalue weighted by Crippen LogP contribution is 2.47. The second-order valence-corrected chi connectivity index (χ2v) is 7.08. The number of hydrogen-bond donors (Lipinski definition) is 3. The smallest absolute Gasteiger partial charge is 0.256 e. The Bertz CT molecular complexity index is 1260. The van der Waals surface area contributed by atoms with Gasteiger partial charge in [-0.05, 0) is 18.6 Å². The number of H-pyrrole nitrogens is 1. The van der Waals surface area contributed by atoms with Crippen molar-refractivity contribution < 1.29 is 4.74 Å². The first-order valence-corrected chi connectivity index (χ1v) is 9.26. The minimum Gasteiger partial charge on any atom is -0.438 e. The first-order chi connectivity index (χ1) is 13.6. The Morgan fingerprint density at radius 2 is 2.25 bits per heavy atom. The minimum atomic E-state index is -0.703. The lowest BCUT2D eigenvalue weighted by Crippen LogP contribution is -2.27. The number of ether oxygens (including phenoxy) is 1. The Morgan fingerprint density at radius 1 is 1.43 bits per heavy atom. The summed E-state index contributed by atoms with van der Waals surface area (Å²) in [6.07, 6.45) is 3.20. The summed E-state index contributed by atoms with van der Waals surface area (Å²) >= 11 is 1.30. The highest BCUT2D eigenvalue weighted by atomic mass is 32.1. The lowest BCUT2D eigenvalue weighted by atomic mass is 9.85. The summed E-state index contributed by atoms with van der Waals surface area (Å²) in [4.78, 5) is 19.9. The van der Waals surface area contributed by atoms with Gasteiger partial charge in [0.2, 0.25) is 5.88 Å². The largest absolute Gasteiger partial charge is 0.438 e. The number of fused-ring (bicyclic) bond motifs is 3. The van der Waals surface area contributed by atoms with Gasteiger partial charge >= 0.3 is 0 Å². The molecule has 0 amide bonds. The molecule has 0 fully saturated rings. The molecular formula is C19H14N6O2S. The van der Waals surface area contributed by atoms with Crippen molar-refractivity contribution in [3.05, 3.63) is 63.0 Å². The Hall–Kier alpha value is -3.82. The second-order valence-electron chi connectivity index (χ2n) is 6.06. The average molecular weight is 390 g/mol. The standard InChI is InChI=1S/C19H14N6O2S/c1-2-24-19-11(7-21)14-16(28-19)15-13(18(26)25-14)12(9-4-3-5-23-8-9)10(6-20)17(22)27-15/h3-5,8,12,24H,2,22H2,1H3,(H,25,26). The molecule has 1 aliphatic rings. The van der Waals surface area contributed by atoms with E-state index in [1.165, 1.54) is 11.3 Å². The predicted molar refractivity (Wildman–Crippen MR) is 105 cm³/mol. The highest BCUT2D eigenvalue weighted by Gasteiger charge is 2.36. The number of aromatic nitrogens is 2. The Labute approximate surface area is 163 Å². The summed E-state index contributed by atoms with van der Waals surface area (Å²) in [5.74, 6) is -0.492. The van der Waals surface area contributed by atoms with E-state index < -0.39 is 11.5 Å². The van der Waals surface area contributed by atoms with E-state index in [0.29, 0.717) is 32.9 Å². The molecule has 3 aromatic rings. The molecule has 0 aliphatic carbocycles. The van der Waals surface area contributed by atoms with Crippen LogP contribution >= 0.6 is 11.3 Å². The maximum Gasteiger partial charge on any atom is 0.256 e. The molecule has 4 N–H and O–H groups in total. The van der Waals surface area contributed by atoms with Crippen LogP contribution in [0.1, 0.15) is 29.5 Å². The average Bonchev–Trinajstić information content (AvgIpc) is 3.05. The van der Waals surface area contributed by atoms with E-state index in [9.17, 15) is 15.3 Å². The fourth-order valence-electron chi connectivity index (χ4n) is 3.32. The summed E-state index contributed by atoms with van der Waals surface area (Å²) < 4.78 is 6.33. The molecule has 0 radical (unpaired) electrons. The number of aromatic amines is 1. The number of hydrogen-bond acceptors (Lipinski definition) is 8. The third-order valence-electron chi connectivity index (χ3n) is 4.48. The lowest BCUT2D eigenvalue weighted by molar-refractivity contribution is 0.397. The van der Waals surface area contributed by atoms with Crippen molar-refractivity contribution in [2.75, 3.05) is 11.9 Å². The van der Waals surface area contributed by atoms with Crippen LogP contribution in [0.15, 0.2) is 40.8 Å². The van der Waals surface area contributed by atoms with E-state index in [2.05, 4.69) is 27.4 Å². The summed E-state index contributed by atoms with van der Waals surface area (Å²) in [5.41, 5.74) is 7.42. The summed E-state index contributed by atoms with van der Waals surface area (Å²) in [6.45, 7) is 2.53. The van der Waals surface area contributed by atoms with Gasteiger partial charge in [-0.25, -0.2) is 0 Å². The zero-order valence-corrected chi connectivity index (χ0v) is 15.6. The summed E-state index contributed by atoms with van der Waals surface area (Å²) in [5, 5.41) is 23.0. The molecule has 0 aromatic carbocycles. The molecule has 138 valence electrons. The molecule has 0 saturated carbocycles. The van der Waals surface area contributed by atoms with Gasteiger partial charge in [0.1, 0.15) is 28.3 Å². The fraction of sp³-hybridized carbons (Fsp3) is 0.158. The second kappa shape index (κ2) is 6.72. The van der Waals surface area contributed by atoms with Crippen LogP contribution in [0, 0.1) is 22.7 Å². The van der Waals surface area contributed by atoms with Gasteiger partial charge in [-0.1, -0.05) is 6.07 Å². The molecule has 28 heavy (non-hydrogen) atoms. The van der Waals surface area contributed by atoms with E-state index in [4.69, 9.17) is 10.5 Å². The molecule has 0 saturated heterocycles. The molecule has 9 heteroatoms. The third kappa shape index (κ3) is 2.49. The molecule has 1 aliphatic heterocycles. The molecule has 1 unspecified atom stereocenters. The maximum absolute atomic E-state index is 13.0. The molecule has 4 rings (SSSR count). The topological polar surface area (TPSA) is 141 Å². The van der Waals surface area contributed by atoms with Crippen LogP contribution in [0.5, 0.6) is 5.75 Å². The Morgan fingerprint density at radius 3 is 2.89 bits per heavy atom. The third-order valence-corrected chi connectivity index (χ3v) is 5.63. The van der Waals surface area contributed by atoms with Crippen LogP contribution in [0.25, 0.3) is 10.2 Å². The minimum absolute atomic E-state index is 0.0624. The van der Waals surface area contributed by atoms with E-state index >= 15 is 0 Å². The van der Waals surface area contributed by atoms with Crippen molar-refractivity contribution in [3.63, 3.8) is 0 Å². The van der Waals surface area contributed by atoms with Gasteiger partial charge in [0.05, 0.1) is 21.7 Å². The van der Waals surface area contributed by atoms with Crippen LogP contribution < -0.4 is 21.3 Å². The Kier molecular flexibility index (Phi) is 4.22. The van der Waals surface area contributed by atoms with Crippen LogP contribution in [0.3, 0.4) is 0 Å². The fourth-order valence-corrected chi connectivity index (χ4v) is 4.49. The van der Waals surface area contributed by atoms with Crippen molar-refractivity contribution in [2.24, 2.45) is 5.73 Å². The summed E-state index contributed by atoms with van der Waals surface area (Å²) in [7, 11) is 0. The number of nitrogens with zero attached hydrogens (tertiary/aromatic N) is 3. The lowest BCUT2D eigenvalue weighted by Gasteiger charge is -2.25. The van der Waals surface area contributed by atoms with Crippen LogP contribution in [-0.2, 0) is 0 Å². The van der Waals surface area contributed by atoms with Gasteiger partial charge in [0.15, 0.2) is 5.75 Å². The first kappa shape index (κ1) is 17.6. The van der Waals surface area contributed by atoms with Crippen LogP contribution in [0.2, 0.25) is 0 Å². The van der Waals surface area contributed by atoms with Crippen molar-refractivity contribution in [1.82, 2.24) is 9.97 Å². The summed E-state index contributed by atoms with van der Waals surface area (Å²) in [6, 6.07) is 7.69. The van der Waals surface area contributed by atoms with E-state index in [1.54, 1.807) is 24.5 Å². The van der Waals surface area contributed by atoms with Gasteiger partial charge in [-0.15, -0.1) is 11.3 Å². The molecule has 3 aromatic heterocycles. The number of allylic oxidation sites excluding steroid dienone is 1. The number of nitriles is 2. The van der Waals surface area contributed by atoms with Gasteiger partial charge in [0.25, 0.3) is 5.56 Å². The normalized spacial score (nSPS) is 15.5. The number of nitrogens with two attached hydrogens (primary N) is 1. The molecule has 4 heterocycles. The van der Waals surface area contributed by atoms with Gasteiger partial charge < -0.3 is 20.8 Å². The van der Waals surface area contributed by atoms with E-state index in [0.717, 1.165) is 0 Å². The first-order valence-electron chi connectivity index (χ1n) is 8.44. The number of anilines is 1. The molecule has 8 nitrogen and oxygen atoms in total. The molecule has 0 bridgehead atoms. The molecular weight excluding hydrogens is 376 g/mol. The zero-order chi connectivity index (χ0) is 19.8. The highest BCUT2D eigenvalue weighted by molar-refractivity contribution is 7.23. The van der Waals surface area contributed by atoms with Crippen molar-refractivity contribution in [2.45, 2.75) is 12.8 Å². The number of nitrogens with one attached hydrogen (secondary N) is 2. The van der Waals surface area contributed by atoms with Crippen molar-refractivity contribution >= 4 is 26.6 Å². The quantitative estimate of drug-likeness (QED) is 0.624. The van der Waals surface area contributed by atoms with Crippen molar-refractivity contribution in [3.8, 4) is 17.9 Å². The van der Waals surface area contributed by atoms with E-state index in [-0.39, 0.29) is 22.8 Å². The van der Waals surface area contributed by atoms with Crippen LogP contribution in [-0.4, -0.2) is 16.5 Å². The predicted octanol–water partition coefficient (Wildman–Crippen LogP) is 2.51. The molecule has 1 atom stereocenters. The van der Waals surface area contributed by atoms with Gasteiger partial charge in [0, 0.05) is 18.9 Å². The van der Waals surface area contributed by atoms with Gasteiger partial charge in [-0.3, -0.25) is 9.78 Å². The van der Waals surface area contributed by atoms with Gasteiger partial charge in [-0.2, -0.15) is 10.5 Å². The zero-order valence-electron chi connectivity index (χ0n) is 14.7. The number of pyridine rings is 2. The SMILES string of the molecule is CCNc1sc2c3c(c(=O)[nH]c2c1C#N)C(c1cccnc1)C(C#N)=C(N)O3.